The molecule has 0 unspecified atom stereocenters. The van der Waals surface area contributed by atoms with Crippen LogP contribution in [-0.4, -0.2) is 63.8 Å². The molecular formula is C33H29F2N7O3. The van der Waals surface area contributed by atoms with Crippen molar-refractivity contribution in [1.82, 2.24) is 25.1 Å². The highest BCUT2D eigenvalue weighted by Crippen LogP contribution is 2.32. The number of carbonyl (C=O) groups excluding carboxylic acids is 1. The number of nitrogen functional groups attached to an aromatic ring is 1. The molecule has 45 heavy (non-hydrogen) atoms. The summed E-state index contributed by atoms with van der Waals surface area (Å²) >= 11 is 0. The fraction of sp³-hybridized carbons (Fsp3) is 0.242. The van der Waals surface area contributed by atoms with Gasteiger partial charge in [0.05, 0.1) is 47.7 Å². The van der Waals surface area contributed by atoms with E-state index in [2.05, 4.69) is 15.1 Å². The smallest absolute Gasteiger partial charge is 0.272 e. The number of halogens is 2. The quantitative estimate of drug-likeness (QED) is 0.288. The van der Waals surface area contributed by atoms with E-state index in [9.17, 15) is 14.0 Å². The number of ether oxygens (including phenoxy) is 1. The summed E-state index contributed by atoms with van der Waals surface area (Å²) in [4.78, 5) is 39.2. The van der Waals surface area contributed by atoms with Crippen LogP contribution in [0.3, 0.4) is 0 Å². The van der Waals surface area contributed by atoms with E-state index in [0.717, 1.165) is 5.56 Å². The third-order valence-corrected chi connectivity index (χ3v) is 8.28. The van der Waals surface area contributed by atoms with E-state index in [1.807, 2.05) is 12.1 Å². The molecule has 3 aromatic carbocycles. The number of aromatic nitrogens is 4. The molecule has 5 aromatic rings. The predicted molar refractivity (Wildman–Crippen MR) is 165 cm³/mol. The van der Waals surface area contributed by atoms with E-state index in [1.54, 1.807) is 35.2 Å². The van der Waals surface area contributed by atoms with Gasteiger partial charge >= 0.3 is 0 Å². The van der Waals surface area contributed by atoms with Gasteiger partial charge in [-0.05, 0) is 48.4 Å². The molecule has 0 atom stereocenters. The van der Waals surface area contributed by atoms with Crippen molar-refractivity contribution in [2.24, 2.45) is 0 Å². The minimum absolute atomic E-state index is 0.0723. The van der Waals surface area contributed by atoms with Crippen molar-refractivity contribution in [3.63, 3.8) is 0 Å². The van der Waals surface area contributed by atoms with E-state index in [1.165, 1.54) is 18.2 Å². The zero-order valence-electron chi connectivity index (χ0n) is 24.2. The van der Waals surface area contributed by atoms with Gasteiger partial charge in [-0.25, -0.2) is 23.8 Å². The highest BCUT2D eigenvalue weighted by atomic mass is 19.1. The zero-order chi connectivity index (χ0) is 31.1. The number of H-pyrrole nitrogens is 1. The summed E-state index contributed by atoms with van der Waals surface area (Å²) in [5, 5.41) is 7.93. The Morgan fingerprint density at radius 1 is 0.956 bits per heavy atom. The van der Waals surface area contributed by atoms with Crippen molar-refractivity contribution < 1.29 is 18.3 Å². The first-order valence-electron chi connectivity index (χ1n) is 14.7. The Morgan fingerprint density at radius 3 is 2.56 bits per heavy atom. The highest BCUT2D eigenvalue weighted by molar-refractivity contribution is 5.95. The number of morpholine rings is 1. The number of anilines is 2. The van der Waals surface area contributed by atoms with Crippen LogP contribution < -0.4 is 16.2 Å². The molecule has 2 aromatic heterocycles. The molecule has 1 saturated heterocycles. The number of hydrogen-bond donors (Lipinski definition) is 2. The van der Waals surface area contributed by atoms with Gasteiger partial charge in [0, 0.05) is 42.7 Å². The Balaban J connectivity index is 1.21. The van der Waals surface area contributed by atoms with Gasteiger partial charge in [0.15, 0.2) is 5.82 Å². The molecule has 0 saturated carbocycles. The summed E-state index contributed by atoms with van der Waals surface area (Å²) in [6, 6.07) is 15.9. The molecule has 1 fully saturated rings. The van der Waals surface area contributed by atoms with Crippen molar-refractivity contribution in [3.8, 4) is 11.4 Å². The average Bonchev–Trinajstić information content (AvgIpc) is 3.06. The maximum Gasteiger partial charge on any atom is 0.272 e. The fourth-order valence-corrected chi connectivity index (χ4v) is 5.97. The number of benzene rings is 3. The summed E-state index contributed by atoms with van der Waals surface area (Å²) in [5.74, 6) is -0.789. The second kappa shape index (κ2) is 11.7. The minimum Gasteiger partial charge on any atom is -0.399 e. The van der Waals surface area contributed by atoms with Gasteiger partial charge in [-0.2, -0.15) is 5.10 Å². The number of amides is 1. The van der Waals surface area contributed by atoms with Gasteiger partial charge in [0.25, 0.3) is 11.5 Å². The Hall–Kier alpha value is -5.23. The average molecular weight is 610 g/mol. The molecule has 0 radical (unpaired) electrons. The van der Waals surface area contributed by atoms with Crippen molar-refractivity contribution in [2.75, 3.05) is 43.5 Å². The van der Waals surface area contributed by atoms with E-state index < -0.39 is 17.5 Å². The van der Waals surface area contributed by atoms with Crippen LogP contribution in [0.25, 0.3) is 22.2 Å². The lowest BCUT2D eigenvalue weighted by Crippen LogP contribution is -2.41. The first kappa shape index (κ1) is 28.5. The van der Waals surface area contributed by atoms with Crippen LogP contribution in [0.15, 0.2) is 65.5 Å². The highest BCUT2D eigenvalue weighted by Gasteiger charge is 2.30. The number of hydrogen-bond acceptors (Lipinski definition) is 8. The monoisotopic (exact) mass is 609 g/mol. The standard InChI is InChI=1S/C33H29F2N7O3/c34-26-8-5-19(16-28-21-3-1-2-4-22(21)32(43)40-39-28)15-25(26)33(44)42-10-9-24-29(18-42)37-30(23-7-6-20(36)17-27(23)35)38-31(24)41-11-13-45-14-12-41/h1-8,15,17H,9-14,16,18,36H2,(H,40,43). The lowest BCUT2D eigenvalue weighted by molar-refractivity contribution is 0.0726. The van der Waals surface area contributed by atoms with Crippen LogP contribution in [0.4, 0.5) is 20.3 Å². The molecular weight excluding hydrogens is 580 g/mol. The zero-order valence-corrected chi connectivity index (χ0v) is 24.2. The van der Waals surface area contributed by atoms with Gasteiger partial charge in [-0.3, -0.25) is 9.59 Å². The first-order valence-corrected chi connectivity index (χ1v) is 14.7. The third kappa shape index (κ3) is 5.48. The number of aromatic amines is 1. The van der Waals surface area contributed by atoms with Crippen molar-refractivity contribution >= 4 is 28.2 Å². The van der Waals surface area contributed by atoms with Crippen molar-refractivity contribution in [3.05, 3.63) is 111 Å². The van der Waals surface area contributed by atoms with Gasteiger partial charge in [-0.1, -0.05) is 24.3 Å². The lowest BCUT2D eigenvalue weighted by Gasteiger charge is -2.34. The lowest BCUT2D eigenvalue weighted by atomic mass is 10.00. The molecule has 7 rings (SSSR count). The number of rotatable bonds is 5. The molecule has 0 spiro atoms. The van der Waals surface area contributed by atoms with Crippen LogP contribution >= 0.6 is 0 Å². The SMILES string of the molecule is Nc1ccc(-c2nc3c(c(N4CCOCC4)n2)CCN(C(=O)c2cc(Cc4n[nH]c(=O)c5ccccc45)ccc2F)C3)c(F)c1. The second-order valence-corrected chi connectivity index (χ2v) is 11.1. The van der Waals surface area contributed by atoms with Crippen molar-refractivity contribution in [1.29, 1.82) is 0 Å². The van der Waals surface area contributed by atoms with E-state index >= 15 is 4.39 Å². The molecule has 228 valence electrons. The van der Waals surface area contributed by atoms with Gasteiger partial charge in [-0.15, -0.1) is 0 Å². The fourth-order valence-electron chi connectivity index (χ4n) is 5.97. The van der Waals surface area contributed by atoms with Gasteiger partial charge in [0.2, 0.25) is 0 Å². The van der Waals surface area contributed by atoms with Crippen LogP contribution in [0.5, 0.6) is 0 Å². The summed E-state index contributed by atoms with van der Waals surface area (Å²) in [6.45, 7) is 2.75. The Bertz CT molecular complexity index is 2010. The third-order valence-electron chi connectivity index (χ3n) is 8.28. The normalized spacial score (nSPS) is 14.9. The van der Waals surface area contributed by atoms with Crippen molar-refractivity contribution in [2.45, 2.75) is 19.4 Å². The summed E-state index contributed by atoms with van der Waals surface area (Å²) in [6.07, 6.45) is 0.736. The van der Waals surface area contributed by atoms with E-state index in [0.29, 0.717) is 72.8 Å². The molecule has 3 N–H and O–H groups in total. The molecule has 2 aliphatic rings. The number of nitrogens with two attached hydrogens (primary N) is 1. The van der Waals surface area contributed by atoms with Crippen LogP contribution in [0.2, 0.25) is 0 Å². The topological polar surface area (TPSA) is 130 Å². The van der Waals surface area contributed by atoms with Crippen LogP contribution in [-0.2, 0) is 24.1 Å². The molecule has 12 heteroatoms. The number of fused-ring (bicyclic) bond motifs is 2. The molecule has 10 nitrogen and oxygen atoms in total. The Morgan fingerprint density at radius 2 is 1.76 bits per heavy atom. The predicted octanol–water partition coefficient (Wildman–Crippen LogP) is 3.87. The second-order valence-electron chi connectivity index (χ2n) is 11.1. The largest absolute Gasteiger partial charge is 0.399 e. The van der Waals surface area contributed by atoms with Crippen LogP contribution in [0.1, 0.15) is 32.9 Å². The number of carbonyl (C=O) groups is 1. The maximum absolute atomic E-state index is 15.2. The number of nitrogens with zero attached hydrogens (tertiary/aromatic N) is 5. The molecule has 0 aliphatic carbocycles. The Kier molecular flexibility index (Phi) is 7.42. The summed E-state index contributed by atoms with van der Waals surface area (Å²) in [7, 11) is 0. The molecule has 2 aliphatic heterocycles. The molecule has 1 amide bonds. The van der Waals surface area contributed by atoms with E-state index in [-0.39, 0.29) is 41.2 Å². The molecule has 4 heterocycles. The van der Waals surface area contributed by atoms with Crippen LogP contribution in [0, 0.1) is 11.6 Å². The maximum atomic E-state index is 15.2. The minimum atomic E-state index is -0.643. The number of nitrogens with one attached hydrogen (secondary N) is 1. The summed E-state index contributed by atoms with van der Waals surface area (Å²) < 4.78 is 35.7. The van der Waals surface area contributed by atoms with E-state index in [4.69, 9.17) is 20.4 Å². The first-order chi connectivity index (χ1) is 21.9. The van der Waals surface area contributed by atoms with Gasteiger partial charge in [0.1, 0.15) is 17.5 Å². The van der Waals surface area contributed by atoms with Gasteiger partial charge < -0.3 is 20.3 Å². The molecule has 0 bridgehead atoms. The Labute approximate surface area is 256 Å². The summed E-state index contributed by atoms with van der Waals surface area (Å²) in [5.41, 5.74) is 8.63.